The van der Waals surface area contributed by atoms with Gasteiger partial charge in [-0.25, -0.2) is 0 Å². The van der Waals surface area contributed by atoms with E-state index in [1.807, 2.05) is 0 Å². The van der Waals surface area contributed by atoms with Crippen LogP contribution in [-0.2, 0) is 9.59 Å². The number of imide groups is 1. The van der Waals surface area contributed by atoms with Crippen molar-refractivity contribution in [2.75, 3.05) is 0 Å². The number of hydrogen-bond donors (Lipinski definition) is 3. The lowest BCUT2D eigenvalue weighted by Gasteiger charge is -2.29. The molecule has 2 saturated carbocycles. The average Bonchev–Trinajstić information content (AvgIpc) is 2.71. The van der Waals surface area contributed by atoms with Crippen molar-refractivity contribution in [2.24, 2.45) is 23.7 Å². The van der Waals surface area contributed by atoms with Gasteiger partial charge in [-0.2, -0.15) is 0 Å². The van der Waals surface area contributed by atoms with Gasteiger partial charge in [-0.15, -0.1) is 0 Å². The second-order valence-electron chi connectivity index (χ2n) is 4.45. The molecule has 1 saturated heterocycles. The van der Waals surface area contributed by atoms with Crippen molar-refractivity contribution in [1.29, 1.82) is 0 Å². The first kappa shape index (κ1) is 8.38. The topological polar surface area (TPSA) is 86.6 Å². The van der Waals surface area contributed by atoms with Crippen LogP contribution in [0.15, 0.2) is 0 Å². The van der Waals surface area contributed by atoms with Crippen LogP contribution in [0.1, 0.15) is 6.42 Å². The van der Waals surface area contributed by atoms with Crippen LogP contribution in [0.5, 0.6) is 0 Å². The summed E-state index contributed by atoms with van der Waals surface area (Å²) in [6.07, 6.45) is -1.08. The predicted molar refractivity (Wildman–Crippen MR) is 43.7 cm³/mol. The van der Waals surface area contributed by atoms with Crippen LogP contribution in [0, 0.1) is 23.7 Å². The Bertz CT molecular complexity index is 299. The molecule has 5 heteroatoms. The summed E-state index contributed by atoms with van der Waals surface area (Å²) >= 11 is 0. The maximum Gasteiger partial charge on any atom is 0.230 e. The Labute approximate surface area is 80.1 Å². The molecule has 1 aliphatic heterocycles. The zero-order valence-corrected chi connectivity index (χ0v) is 7.38. The Morgan fingerprint density at radius 3 is 1.86 bits per heavy atom. The summed E-state index contributed by atoms with van der Waals surface area (Å²) in [7, 11) is 0. The SMILES string of the molecule is O=C1NC(=O)C2C3CC(C(O)C3O)C12. The van der Waals surface area contributed by atoms with E-state index < -0.39 is 24.0 Å². The summed E-state index contributed by atoms with van der Waals surface area (Å²) in [6.45, 7) is 0. The number of rotatable bonds is 0. The van der Waals surface area contributed by atoms with Gasteiger partial charge in [-0.1, -0.05) is 0 Å². The van der Waals surface area contributed by atoms with Crippen LogP contribution >= 0.6 is 0 Å². The highest BCUT2D eigenvalue weighted by molar-refractivity contribution is 6.06. The highest BCUT2D eigenvalue weighted by atomic mass is 16.3. The average molecular weight is 197 g/mol. The van der Waals surface area contributed by atoms with E-state index in [9.17, 15) is 19.8 Å². The second-order valence-corrected chi connectivity index (χ2v) is 4.45. The van der Waals surface area contributed by atoms with Crippen molar-refractivity contribution < 1.29 is 19.8 Å². The third kappa shape index (κ3) is 0.734. The Kier molecular flexibility index (Phi) is 1.41. The molecule has 0 spiro atoms. The van der Waals surface area contributed by atoms with E-state index in [1.165, 1.54) is 0 Å². The van der Waals surface area contributed by atoms with Gasteiger partial charge in [0.05, 0.1) is 24.0 Å². The van der Waals surface area contributed by atoms with Crippen molar-refractivity contribution in [2.45, 2.75) is 18.6 Å². The summed E-state index contributed by atoms with van der Waals surface area (Å²) in [5.41, 5.74) is 0. The first-order valence-corrected chi connectivity index (χ1v) is 4.82. The Hall–Kier alpha value is -0.940. The Balaban J connectivity index is 2.01. The lowest BCUT2D eigenvalue weighted by Crippen LogP contribution is -2.43. The van der Waals surface area contributed by atoms with Gasteiger partial charge in [0.25, 0.3) is 0 Å². The molecule has 2 bridgehead atoms. The summed E-state index contributed by atoms with van der Waals surface area (Å²) in [5, 5.41) is 21.5. The van der Waals surface area contributed by atoms with Gasteiger partial charge in [0, 0.05) is 11.8 Å². The van der Waals surface area contributed by atoms with E-state index in [0.29, 0.717) is 6.42 Å². The van der Waals surface area contributed by atoms with E-state index in [4.69, 9.17) is 0 Å². The van der Waals surface area contributed by atoms with Crippen LogP contribution < -0.4 is 5.32 Å². The zero-order chi connectivity index (χ0) is 10.0. The van der Waals surface area contributed by atoms with Gasteiger partial charge >= 0.3 is 0 Å². The Morgan fingerprint density at radius 1 is 1.00 bits per heavy atom. The number of nitrogens with one attached hydrogen (secondary N) is 1. The summed E-state index contributed by atoms with van der Waals surface area (Å²) in [5.74, 6) is -1.81. The Morgan fingerprint density at radius 2 is 1.43 bits per heavy atom. The summed E-state index contributed by atoms with van der Waals surface area (Å²) in [6, 6.07) is 0. The smallest absolute Gasteiger partial charge is 0.230 e. The molecule has 3 N–H and O–H groups in total. The van der Waals surface area contributed by atoms with E-state index >= 15 is 0 Å². The molecule has 6 atom stereocenters. The fourth-order valence-electron chi connectivity index (χ4n) is 3.35. The van der Waals surface area contributed by atoms with Crippen molar-refractivity contribution in [3.05, 3.63) is 0 Å². The monoisotopic (exact) mass is 197 g/mol. The number of amides is 2. The maximum absolute atomic E-state index is 11.4. The van der Waals surface area contributed by atoms with Crippen molar-refractivity contribution in [3.8, 4) is 0 Å². The number of carbonyl (C=O) groups excluding carboxylic acids is 2. The van der Waals surface area contributed by atoms with E-state index in [2.05, 4.69) is 5.32 Å². The minimum Gasteiger partial charge on any atom is -0.390 e. The number of carbonyl (C=O) groups is 2. The van der Waals surface area contributed by atoms with Crippen LogP contribution in [0.4, 0.5) is 0 Å². The van der Waals surface area contributed by atoms with Crippen molar-refractivity contribution in [3.63, 3.8) is 0 Å². The van der Waals surface area contributed by atoms with Gasteiger partial charge in [0.15, 0.2) is 0 Å². The molecule has 0 radical (unpaired) electrons. The van der Waals surface area contributed by atoms with Crippen molar-refractivity contribution >= 4 is 11.8 Å². The maximum atomic E-state index is 11.4. The summed E-state index contributed by atoms with van der Waals surface area (Å²) in [4.78, 5) is 22.8. The molecule has 0 aromatic rings. The third-order valence-corrected chi connectivity index (χ3v) is 3.93. The van der Waals surface area contributed by atoms with Crippen LogP contribution in [0.25, 0.3) is 0 Å². The van der Waals surface area contributed by atoms with E-state index in [0.717, 1.165) is 0 Å². The van der Waals surface area contributed by atoms with Gasteiger partial charge in [0.2, 0.25) is 11.8 Å². The fourth-order valence-corrected chi connectivity index (χ4v) is 3.35. The van der Waals surface area contributed by atoms with E-state index in [-0.39, 0.29) is 23.7 Å². The number of aliphatic hydroxyl groups excluding tert-OH is 2. The third-order valence-electron chi connectivity index (χ3n) is 3.93. The van der Waals surface area contributed by atoms with Crippen LogP contribution in [-0.4, -0.2) is 34.2 Å². The number of fused-ring (bicyclic) bond motifs is 5. The molecule has 76 valence electrons. The molecule has 3 fully saturated rings. The van der Waals surface area contributed by atoms with Gasteiger partial charge in [-0.05, 0) is 6.42 Å². The highest BCUT2D eigenvalue weighted by Gasteiger charge is 2.64. The lowest BCUT2D eigenvalue weighted by molar-refractivity contribution is -0.129. The second kappa shape index (κ2) is 2.35. The molecule has 2 aliphatic carbocycles. The van der Waals surface area contributed by atoms with Gasteiger partial charge < -0.3 is 10.2 Å². The molecule has 3 aliphatic rings. The minimum absolute atomic E-state index is 0.230. The molecule has 14 heavy (non-hydrogen) atoms. The molecule has 0 aromatic carbocycles. The molecule has 5 nitrogen and oxygen atoms in total. The predicted octanol–water partition coefficient (Wildman–Crippen LogP) is -1.75. The van der Waals surface area contributed by atoms with Gasteiger partial charge in [-0.3, -0.25) is 14.9 Å². The van der Waals surface area contributed by atoms with E-state index in [1.54, 1.807) is 0 Å². The van der Waals surface area contributed by atoms with Crippen molar-refractivity contribution in [1.82, 2.24) is 5.32 Å². The molecular weight excluding hydrogens is 186 g/mol. The molecule has 0 aromatic heterocycles. The lowest BCUT2D eigenvalue weighted by atomic mass is 9.78. The largest absolute Gasteiger partial charge is 0.390 e. The minimum atomic E-state index is -0.835. The molecule has 3 rings (SSSR count). The van der Waals surface area contributed by atoms with Crippen LogP contribution in [0.2, 0.25) is 0 Å². The standard InChI is InChI=1S/C9H11NO4/c11-6-2-1-3(7(6)12)5-4(2)8(13)10-9(5)14/h2-7,11-12H,1H2,(H,10,13,14). The fraction of sp³-hybridized carbons (Fsp3) is 0.778. The highest BCUT2D eigenvalue weighted by Crippen LogP contribution is 2.54. The summed E-state index contributed by atoms with van der Waals surface area (Å²) < 4.78 is 0. The zero-order valence-electron chi connectivity index (χ0n) is 7.38. The number of hydrogen-bond acceptors (Lipinski definition) is 4. The normalized spacial score (nSPS) is 55.0. The molecule has 6 unspecified atom stereocenters. The first-order chi connectivity index (χ1) is 6.61. The molecular formula is C9H11NO4. The quantitative estimate of drug-likeness (QED) is 0.402. The molecule has 2 amide bonds. The number of aliphatic hydroxyl groups is 2. The first-order valence-electron chi connectivity index (χ1n) is 4.82. The van der Waals surface area contributed by atoms with Gasteiger partial charge in [0.1, 0.15) is 0 Å². The van der Waals surface area contributed by atoms with Crippen LogP contribution in [0.3, 0.4) is 0 Å². The molecule has 1 heterocycles.